The first kappa shape index (κ1) is 18.5. The molecule has 6 nitrogen and oxygen atoms in total. The topological polar surface area (TPSA) is 77.9 Å². The Morgan fingerprint density at radius 1 is 1.15 bits per heavy atom. The molecule has 0 atom stereocenters. The zero-order valence-electron chi connectivity index (χ0n) is 15.1. The summed E-state index contributed by atoms with van der Waals surface area (Å²) in [5.41, 5.74) is 0.478. The Morgan fingerprint density at radius 3 is 2.62 bits per heavy atom. The zero-order valence-corrected chi connectivity index (χ0v) is 15.1. The largest absolute Gasteiger partial charge is 0.490 e. The number of hydrogen-bond donors (Lipinski definition) is 1. The molecule has 1 aliphatic rings. The van der Waals surface area contributed by atoms with Gasteiger partial charge < -0.3 is 19.3 Å². The lowest BCUT2D eigenvalue weighted by Gasteiger charge is -2.19. The van der Waals surface area contributed by atoms with Crippen molar-refractivity contribution >= 4 is 16.9 Å². The number of rotatable bonds is 7. The number of aromatic nitrogens is 1. The molecule has 2 aromatic rings. The van der Waals surface area contributed by atoms with Crippen LogP contribution in [0.2, 0.25) is 0 Å². The molecule has 0 radical (unpaired) electrons. The average molecular weight is 359 g/mol. The minimum absolute atomic E-state index is 0.0539. The first-order valence-corrected chi connectivity index (χ1v) is 9.14. The minimum Gasteiger partial charge on any atom is -0.490 e. The van der Waals surface area contributed by atoms with Crippen LogP contribution in [0, 0.1) is 0 Å². The van der Waals surface area contributed by atoms with Crippen molar-refractivity contribution in [1.29, 1.82) is 0 Å². The van der Waals surface area contributed by atoms with E-state index in [-0.39, 0.29) is 11.8 Å². The van der Waals surface area contributed by atoms with Gasteiger partial charge in [0.25, 0.3) is 0 Å². The molecule has 6 heteroatoms. The van der Waals surface area contributed by atoms with Crippen LogP contribution in [0.3, 0.4) is 0 Å². The van der Waals surface area contributed by atoms with E-state index in [9.17, 15) is 9.90 Å². The van der Waals surface area contributed by atoms with Crippen molar-refractivity contribution in [2.45, 2.75) is 44.6 Å². The molecule has 1 aliphatic carbocycles. The van der Waals surface area contributed by atoms with Gasteiger partial charge in [0, 0.05) is 18.6 Å². The van der Waals surface area contributed by atoms with Crippen LogP contribution in [-0.2, 0) is 4.74 Å². The summed E-state index contributed by atoms with van der Waals surface area (Å²) in [6.07, 6.45) is 7.00. The average Bonchev–Trinajstić information content (AvgIpc) is 2.91. The number of fused-ring (bicyclic) bond motifs is 1. The normalized spacial score (nSPS) is 15.6. The van der Waals surface area contributed by atoms with E-state index in [0.29, 0.717) is 30.2 Å². The minimum atomic E-state index is -1.09. The van der Waals surface area contributed by atoms with Gasteiger partial charge in [0.15, 0.2) is 5.69 Å². The number of hydrogen-bond acceptors (Lipinski definition) is 5. The second-order valence-electron chi connectivity index (χ2n) is 6.54. The second kappa shape index (κ2) is 8.85. The SMILES string of the molecule is COCCOc1cc(C(=O)O)nc2c(OC3CCCCCC3)cccc12. The molecule has 26 heavy (non-hydrogen) atoms. The van der Waals surface area contributed by atoms with Gasteiger partial charge in [0.05, 0.1) is 12.7 Å². The molecule has 1 saturated carbocycles. The van der Waals surface area contributed by atoms with Gasteiger partial charge in [-0.05, 0) is 37.8 Å². The molecule has 140 valence electrons. The lowest BCUT2D eigenvalue weighted by atomic mass is 10.1. The highest BCUT2D eigenvalue weighted by Crippen LogP contribution is 2.33. The summed E-state index contributed by atoms with van der Waals surface area (Å²) < 4.78 is 17.0. The van der Waals surface area contributed by atoms with Crippen molar-refractivity contribution in [1.82, 2.24) is 4.98 Å². The summed E-state index contributed by atoms with van der Waals surface area (Å²) in [7, 11) is 1.59. The number of methoxy groups -OCH3 is 1. The third kappa shape index (κ3) is 4.43. The Balaban J connectivity index is 1.96. The van der Waals surface area contributed by atoms with Gasteiger partial charge in [0.2, 0.25) is 0 Å². The van der Waals surface area contributed by atoms with Crippen LogP contribution in [0.25, 0.3) is 10.9 Å². The molecule has 0 unspecified atom stereocenters. The van der Waals surface area contributed by atoms with E-state index in [1.165, 1.54) is 18.9 Å². The number of pyridine rings is 1. The van der Waals surface area contributed by atoms with Gasteiger partial charge in [-0.3, -0.25) is 0 Å². The van der Waals surface area contributed by atoms with E-state index < -0.39 is 5.97 Å². The van der Waals surface area contributed by atoms with Crippen molar-refractivity contribution in [3.63, 3.8) is 0 Å². The maximum atomic E-state index is 11.5. The third-order valence-electron chi connectivity index (χ3n) is 4.62. The van der Waals surface area contributed by atoms with Crippen LogP contribution < -0.4 is 9.47 Å². The quantitative estimate of drug-likeness (QED) is 0.593. The summed E-state index contributed by atoms with van der Waals surface area (Å²) in [6, 6.07) is 7.07. The van der Waals surface area contributed by atoms with Crippen LogP contribution in [-0.4, -0.2) is 42.5 Å². The van der Waals surface area contributed by atoms with Gasteiger partial charge in [-0.1, -0.05) is 18.9 Å². The van der Waals surface area contributed by atoms with Crippen molar-refractivity contribution in [2.24, 2.45) is 0 Å². The van der Waals surface area contributed by atoms with Gasteiger partial charge in [-0.2, -0.15) is 0 Å². The van der Waals surface area contributed by atoms with Crippen LogP contribution in [0.5, 0.6) is 11.5 Å². The van der Waals surface area contributed by atoms with Crippen LogP contribution >= 0.6 is 0 Å². The Labute approximate surface area is 153 Å². The monoisotopic (exact) mass is 359 g/mol. The van der Waals surface area contributed by atoms with Gasteiger partial charge in [0.1, 0.15) is 23.6 Å². The molecule has 3 rings (SSSR count). The fourth-order valence-corrected chi connectivity index (χ4v) is 3.29. The van der Waals surface area contributed by atoms with Crippen LogP contribution in [0.4, 0.5) is 0 Å². The number of ether oxygens (including phenoxy) is 3. The van der Waals surface area contributed by atoms with Gasteiger partial charge in [-0.25, -0.2) is 9.78 Å². The highest BCUT2D eigenvalue weighted by molar-refractivity contribution is 5.95. The number of benzene rings is 1. The molecule has 0 aliphatic heterocycles. The Morgan fingerprint density at radius 2 is 1.92 bits per heavy atom. The fraction of sp³-hybridized carbons (Fsp3) is 0.500. The number of aromatic carboxylic acids is 1. The van der Waals surface area contributed by atoms with Crippen LogP contribution in [0.1, 0.15) is 49.0 Å². The van der Waals surface area contributed by atoms with E-state index in [4.69, 9.17) is 14.2 Å². The first-order chi connectivity index (χ1) is 12.7. The highest BCUT2D eigenvalue weighted by Gasteiger charge is 2.18. The van der Waals surface area contributed by atoms with E-state index in [2.05, 4.69) is 4.98 Å². The summed E-state index contributed by atoms with van der Waals surface area (Å²) in [4.78, 5) is 15.8. The standard InChI is InChI=1S/C20H25NO5/c1-24-11-12-25-18-13-16(20(22)23)21-19-15(18)9-6-10-17(19)26-14-7-4-2-3-5-8-14/h6,9-10,13-14H,2-5,7-8,11-12H2,1H3,(H,22,23). The summed E-state index contributed by atoms with van der Waals surface area (Å²) in [6.45, 7) is 0.757. The number of para-hydroxylation sites is 1. The van der Waals surface area contributed by atoms with Crippen LogP contribution in [0.15, 0.2) is 24.3 Å². The predicted octanol–water partition coefficient (Wildman–Crippen LogP) is 4.06. The summed E-state index contributed by atoms with van der Waals surface area (Å²) in [5, 5.41) is 10.2. The molecule has 0 bridgehead atoms. The van der Waals surface area contributed by atoms with Crippen molar-refractivity contribution < 1.29 is 24.1 Å². The lowest BCUT2D eigenvalue weighted by molar-refractivity contribution is 0.0690. The molecule has 1 fully saturated rings. The second-order valence-corrected chi connectivity index (χ2v) is 6.54. The summed E-state index contributed by atoms with van der Waals surface area (Å²) in [5.74, 6) is 0.0117. The predicted molar refractivity (Wildman–Crippen MR) is 98.2 cm³/mol. The first-order valence-electron chi connectivity index (χ1n) is 9.14. The Hall–Kier alpha value is -2.34. The Kier molecular flexibility index (Phi) is 6.28. The Bertz CT molecular complexity index is 753. The molecule has 0 spiro atoms. The van der Waals surface area contributed by atoms with E-state index in [1.807, 2.05) is 18.2 Å². The van der Waals surface area contributed by atoms with Crippen molar-refractivity contribution in [3.05, 3.63) is 30.0 Å². The van der Waals surface area contributed by atoms with Crippen molar-refractivity contribution in [2.75, 3.05) is 20.3 Å². The molecule has 1 aromatic carbocycles. The molecule has 1 aromatic heterocycles. The van der Waals surface area contributed by atoms with Gasteiger partial charge in [-0.15, -0.1) is 0 Å². The van der Waals surface area contributed by atoms with Gasteiger partial charge >= 0.3 is 5.97 Å². The smallest absolute Gasteiger partial charge is 0.354 e. The molecular weight excluding hydrogens is 334 g/mol. The van der Waals surface area contributed by atoms with E-state index >= 15 is 0 Å². The molecule has 1 N–H and O–H groups in total. The number of carbonyl (C=O) groups is 1. The van der Waals surface area contributed by atoms with E-state index in [0.717, 1.165) is 31.1 Å². The van der Waals surface area contributed by atoms with E-state index in [1.54, 1.807) is 7.11 Å². The molecule has 0 amide bonds. The maximum Gasteiger partial charge on any atom is 0.354 e. The maximum absolute atomic E-state index is 11.5. The van der Waals surface area contributed by atoms with Crippen molar-refractivity contribution in [3.8, 4) is 11.5 Å². The lowest BCUT2D eigenvalue weighted by Crippen LogP contribution is -2.15. The fourth-order valence-electron chi connectivity index (χ4n) is 3.29. The number of nitrogens with zero attached hydrogens (tertiary/aromatic N) is 1. The number of carboxylic acid groups (broad SMARTS) is 1. The highest BCUT2D eigenvalue weighted by atomic mass is 16.5. The zero-order chi connectivity index (χ0) is 18.4. The third-order valence-corrected chi connectivity index (χ3v) is 4.62. The molecular formula is C20H25NO5. The summed E-state index contributed by atoms with van der Waals surface area (Å²) >= 11 is 0. The molecule has 0 saturated heterocycles. The number of carboxylic acids is 1. The molecule has 1 heterocycles.